The first-order valence-corrected chi connectivity index (χ1v) is 7.22. The van der Waals surface area contributed by atoms with Crippen LogP contribution in [0.3, 0.4) is 0 Å². The number of rotatable bonds is 5. The first kappa shape index (κ1) is 16.6. The van der Waals surface area contributed by atoms with E-state index in [2.05, 4.69) is 10.1 Å². The standard InChI is InChI=1S/C15H14F3NO5/c16-15(17,18)6-24-11-3-7(14(21)22)1-2-10(11)19-13(20)12-8-4-23-5-9(8)12/h1-3,8-9,12H,4-6H2,(H,19,20)(H,21,22)/t8-,9+,12?. The topological polar surface area (TPSA) is 84.9 Å². The van der Waals surface area contributed by atoms with Gasteiger partial charge in [0.15, 0.2) is 6.61 Å². The van der Waals surface area contributed by atoms with E-state index < -0.39 is 18.8 Å². The maximum absolute atomic E-state index is 12.3. The minimum atomic E-state index is -4.58. The van der Waals surface area contributed by atoms with Crippen LogP contribution in [0, 0.1) is 17.8 Å². The van der Waals surface area contributed by atoms with Gasteiger partial charge in [-0.15, -0.1) is 0 Å². The van der Waals surface area contributed by atoms with Crippen LogP contribution in [0.2, 0.25) is 0 Å². The fourth-order valence-corrected chi connectivity index (χ4v) is 2.88. The summed E-state index contributed by atoms with van der Waals surface area (Å²) in [6.45, 7) is -0.586. The summed E-state index contributed by atoms with van der Waals surface area (Å²) in [5, 5.41) is 11.5. The predicted octanol–water partition coefficient (Wildman–Crippen LogP) is 2.16. The van der Waals surface area contributed by atoms with Crippen LogP contribution in [-0.2, 0) is 9.53 Å². The van der Waals surface area contributed by atoms with Crippen molar-refractivity contribution in [3.63, 3.8) is 0 Å². The molecular formula is C15H14F3NO5. The highest BCUT2D eigenvalue weighted by Crippen LogP contribution is 2.51. The molecular weight excluding hydrogens is 331 g/mol. The normalized spacial score (nSPS) is 25.0. The van der Waals surface area contributed by atoms with Crippen molar-refractivity contribution >= 4 is 17.6 Å². The Morgan fingerprint density at radius 2 is 1.96 bits per heavy atom. The smallest absolute Gasteiger partial charge is 0.422 e. The van der Waals surface area contributed by atoms with Gasteiger partial charge < -0.3 is 19.9 Å². The summed E-state index contributed by atoms with van der Waals surface area (Å²) in [5.41, 5.74) is -0.220. The van der Waals surface area contributed by atoms with E-state index in [0.717, 1.165) is 6.07 Å². The van der Waals surface area contributed by atoms with Gasteiger partial charge in [0, 0.05) is 5.92 Å². The number of halogens is 3. The van der Waals surface area contributed by atoms with Crippen molar-refractivity contribution in [2.75, 3.05) is 25.1 Å². The van der Waals surface area contributed by atoms with Crippen LogP contribution in [0.5, 0.6) is 5.75 Å². The molecule has 0 spiro atoms. The van der Waals surface area contributed by atoms with Crippen LogP contribution < -0.4 is 10.1 Å². The van der Waals surface area contributed by atoms with Gasteiger partial charge in [-0.3, -0.25) is 4.79 Å². The van der Waals surface area contributed by atoms with Crippen molar-refractivity contribution in [1.29, 1.82) is 0 Å². The van der Waals surface area contributed by atoms with Crippen LogP contribution in [0.4, 0.5) is 18.9 Å². The van der Waals surface area contributed by atoms with Gasteiger partial charge in [0.25, 0.3) is 0 Å². The molecule has 6 nitrogen and oxygen atoms in total. The Balaban J connectivity index is 1.75. The number of anilines is 1. The molecule has 1 amide bonds. The highest BCUT2D eigenvalue weighted by atomic mass is 19.4. The molecule has 9 heteroatoms. The second-order valence-corrected chi connectivity index (χ2v) is 5.80. The van der Waals surface area contributed by atoms with Gasteiger partial charge in [0.05, 0.1) is 24.5 Å². The van der Waals surface area contributed by atoms with Gasteiger partial charge in [-0.05, 0) is 30.0 Å². The number of carbonyl (C=O) groups excluding carboxylic acids is 1. The van der Waals surface area contributed by atoms with Crippen LogP contribution >= 0.6 is 0 Å². The quantitative estimate of drug-likeness (QED) is 0.854. The van der Waals surface area contributed by atoms with Crippen LogP contribution in [-0.4, -0.2) is 43.0 Å². The van der Waals surface area contributed by atoms with Crippen molar-refractivity contribution in [2.24, 2.45) is 17.8 Å². The number of aromatic carboxylic acids is 1. The molecule has 130 valence electrons. The number of alkyl halides is 3. The number of nitrogens with one attached hydrogen (secondary N) is 1. The van der Waals surface area contributed by atoms with Gasteiger partial charge in [-0.2, -0.15) is 13.2 Å². The van der Waals surface area contributed by atoms with E-state index in [9.17, 15) is 22.8 Å². The van der Waals surface area contributed by atoms with E-state index in [1.165, 1.54) is 12.1 Å². The van der Waals surface area contributed by atoms with Crippen LogP contribution in [0.15, 0.2) is 18.2 Å². The maximum Gasteiger partial charge on any atom is 0.422 e. The summed E-state index contributed by atoms with van der Waals surface area (Å²) >= 11 is 0. The Morgan fingerprint density at radius 1 is 1.29 bits per heavy atom. The Kier molecular flexibility index (Phi) is 4.12. The van der Waals surface area contributed by atoms with E-state index in [-0.39, 0.29) is 40.7 Å². The second kappa shape index (κ2) is 5.97. The van der Waals surface area contributed by atoms with E-state index in [4.69, 9.17) is 9.84 Å². The number of hydrogen-bond acceptors (Lipinski definition) is 4. The third-order valence-electron chi connectivity index (χ3n) is 4.13. The third kappa shape index (κ3) is 3.45. The van der Waals surface area contributed by atoms with E-state index in [0.29, 0.717) is 13.2 Å². The molecule has 1 aliphatic heterocycles. The van der Waals surface area contributed by atoms with Gasteiger partial charge in [0.2, 0.25) is 5.91 Å². The molecule has 1 saturated heterocycles. The Labute approximate surface area is 134 Å². The number of hydrogen-bond donors (Lipinski definition) is 2. The van der Waals surface area contributed by atoms with Crippen LogP contribution in [0.1, 0.15) is 10.4 Å². The van der Waals surface area contributed by atoms with Crippen molar-refractivity contribution in [3.05, 3.63) is 23.8 Å². The average molecular weight is 345 g/mol. The van der Waals surface area contributed by atoms with Crippen molar-refractivity contribution in [1.82, 2.24) is 0 Å². The highest BCUT2D eigenvalue weighted by molar-refractivity contribution is 5.97. The molecule has 1 saturated carbocycles. The number of fused-ring (bicyclic) bond motifs is 1. The fraction of sp³-hybridized carbons (Fsp3) is 0.467. The van der Waals surface area contributed by atoms with Gasteiger partial charge in [-0.1, -0.05) is 0 Å². The lowest BCUT2D eigenvalue weighted by atomic mass is 10.1. The van der Waals surface area contributed by atoms with Gasteiger partial charge >= 0.3 is 12.1 Å². The number of carboxylic acid groups (broad SMARTS) is 1. The van der Waals surface area contributed by atoms with Crippen molar-refractivity contribution in [3.8, 4) is 5.75 Å². The summed E-state index contributed by atoms with van der Waals surface area (Å²) in [6.07, 6.45) is -4.58. The van der Waals surface area contributed by atoms with Gasteiger partial charge in [-0.25, -0.2) is 4.79 Å². The summed E-state index contributed by atoms with van der Waals surface area (Å²) in [5.74, 6) is -1.91. The Morgan fingerprint density at radius 3 is 2.54 bits per heavy atom. The number of ether oxygens (including phenoxy) is 2. The monoisotopic (exact) mass is 345 g/mol. The molecule has 1 aliphatic carbocycles. The van der Waals surface area contributed by atoms with Crippen LogP contribution in [0.25, 0.3) is 0 Å². The van der Waals surface area contributed by atoms with E-state index >= 15 is 0 Å². The third-order valence-corrected chi connectivity index (χ3v) is 4.13. The van der Waals surface area contributed by atoms with Crippen molar-refractivity contribution in [2.45, 2.75) is 6.18 Å². The molecule has 0 bridgehead atoms. The molecule has 1 aromatic carbocycles. The number of carboxylic acids is 1. The largest absolute Gasteiger partial charge is 0.482 e. The van der Waals surface area contributed by atoms with E-state index in [1.54, 1.807) is 0 Å². The zero-order chi connectivity index (χ0) is 17.5. The molecule has 2 fully saturated rings. The summed E-state index contributed by atoms with van der Waals surface area (Å²) in [4.78, 5) is 23.2. The fourth-order valence-electron chi connectivity index (χ4n) is 2.88. The van der Waals surface area contributed by atoms with Gasteiger partial charge in [0.1, 0.15) is 5.75 Å². The highest BCUT2D eigenvalue weighted by Gasteiger charge is 2.58. The van der Waals surface area contributed by atoms with Crippen molar-refractivity contribution < 1.29 is 37.3 Å². The molecule has 1 heterocycles. The molecule has 0 radical (unpaired) electrons. The molecule has 1 aromatic rings. The zero-order valence-corrected chi connectivity index (χ0v) is 12.3. The summed E-state index contributed by atoms with van der Waals surface area (Å²) in [6, 6.07) is 3.37. The lowest BCUT2D eigenvalue weighted by molar-refractivity contribution is -0.153. The molecule has 2 N–H and O–H groups in total. The first-order valence-electron chi connectivity index (χ1n) is 7.22. The summed E-state index contributed by atoms with van der Waals surface area (Å²) in [7, 11) is 0. The second-order valence-electron chi connectivity index (χ2n) is 5.80. The molecule has 3 atom stereocenters. The van der Waals surface area contributed by atoms with E-state index in [1.807, 2.05) is 0 Å². The SMILES string of the molecule is O=C(O)c1ccc(NC(=O)C2[C@H]3COC[C@@H]23)c(OCC(F)(F)F)c1. The first-order chi connectivity index (χ1) is 11.3. The Hall–Kier alpha value is -2.29. The predicted molar refractivity (Wildman–Crippen MR) is 74.9 cm³/mol. The molecule has 24 heavy (non-hydrogen) atoms. The Bertz CT molecular complexity index is 666. The zero-order valence-electron chi connectivity index (χ0n) is 12.3. The molecule has 1 unspecified atom stereocenters. The lowest BCUT2D eigenvalue weighted by Crippen LogP contribution is -2.22. The molecule has 2 aliphatic rings. The number of amides is 1. The summed E-state index contributed by atoms with van der Waals surface area (Å²) < 4.78 is 46.9. The molecule has 3 rings (SSSR count). The number of benzene rings is 1. The minimum Gasteiger partial charge on any atom is -0.482 e. The average Bonchev–Trinajstić information content (AvgIpc) is 2.98. The minimum absolute atomic E-state index is 0.0140. The molecule has 0 aromatic heterocycles. The number of carbonyl (C=O) groups is 2. The lowest BCUT2D eigenvalue weighted by Gasteiger charge is -2.15. The maximum atomic E-state index is 12.3.